The topological polar surface area (TPSA) is 81.9 Å². The van der Waals surface area contributed by atoms with Gasteiger partial charge in [-0.1, -0.05) is 23.7 Å². The molecule has 0 saturated carbocycles. The average molecular weight is 337 g/mol. The molecule has 0 bridgehead atoms. The molecule has 0 fully saturated rings. The van der Waals surface area contributed by atoms with E-state index in [0.717, 1.165) is 0 Å². The molecule has 1 aromatic carbocycles. The van der Waals surface area contributed by atoms with Crippen molar-refractivity contribution in [2.75, 3.05) is 13.1 Å². The van der Waals surface area contributed by atoms with E-state index >= 15 is 0 Å². The number of carboxylic acid groups (broad SMARTS) is 1. The van der Waals surface area contributed by atoms with Gasteiger partial charge in [-0.3, -0.25) is 4.99 Å². The lowest BCUT2D eigenvalue weighted by molar-refractivity contribution is -0.132. The van der Waals surface area contributed by atoms with Crippen LogP contribution in [0.2, 0.25) is 5.02 Å². The minimum absolute atomic E-state index is 0.217. The van der Waals surface area contributed by atoms with Crippen LogP contribution >= 0.6 is 11.6 Å². The van der Waals surface area contributed by atoms with Crippen molar-refractivity contribution in [1.29, 1.82) is 0 Å². The summed E-state index contributed by atoms with van der Waals surface area (Å²) >= 11 is 5.87. The third-order valence-corrected chi connectivity index (χ3v) is 3.20. The third kappa shape index (κ3) is 5.45. The highest BCUT2D eigenvalue weighted by Gasteiger charge is 2.21. The van der Waals surface area contributed by atoms with Crippen LogP contribution in [-0.2, 0) is 4.79 Å². The highest BCUT2D eigenvalue weighted by Crippen LogP contribution is 2.17. The first-order chi connectivity index (χ1) is 10.9. The predicted octanol–water partition coefficient (Wildman–Crippen LogP) is 3.56. The lowest BCUT2D eigenvalue weighted by Crippen LogP contribution is -2.17. The molecule has 0 atom stereocenters. The number of allylic oxidation sites excluding steroid dienone is 2. The van der Waals surface area contributed by atoms with Crippen molar-refractivity contribution >= 4 is 23.3 Å². The van der Waals surface area contributed by atoms with E-state index in [9.17, 15) is 15.0 Å². The van der Waals surface area contributed by atoms with Crippen LogP contribution in [0.3, 0.4) is 0 Å². The van der Waals surface area contributed by atoms with Crippen molar-refractivity contribution in [3.63, 3.8) is 0 Å². The van der Waals surface area contributed by atoms with Gasteiger partial charge >= 0.3 is 5.97 Å². The van der Waals surface area contributed by atoms with Crippen LogP contribution in [0, 0.1) is 0 Å². The van der Waals surface area contributed by atoms with Gasteiger partial charge in [0.25, 0.3) is 0 Å². The smallest absolute Gasteiger partial charge is 0.341 e. The summed E-state index contributed by atoms with van der Waals surface area (Å²) in [4.78, 5) is 15.9. The molecule has 1 aromatic rings. The predicted molar refractivity (Wildman–Crippen MR) is 93.3 cm³/mol. The zero-order valence-electron chi connectivity index (χ0n) is 13.4. The molecule has 0 saturated heterocycles. The first kappa shape index (κ1) is 18.8. The molecule has 124 valence electrons. The van der Waals surface area contributed by atoms with Crippen LogP contribution in [0.1, 0.15) is 26.3 Å². The number of aliphatic hydroxyl groups excluding tert-OH is 1. The molecule has 0 aliphatic heterocycles. The Labute approximate surface area is 141 Å². The Morgan fingerprint density at radius 1 is 1.26 bits per heavy atom. The van der Waals surface area contributed by atoms with Gasteiger partial charge in [-0.05, 0) is 39.0 Å². The summed E-state index contributed by atoms with van der Waals surface area (Å²) in [5, 5.41) is 23.3. The van der Waals surface area contributed by atoms with Gasteiger partial charge in [-0.2, -0.15) is 0 Å². The highest BCUT2D eigenvalue weighted by atomic mass is 35.5. The summed E-state index contributed by atoms with van der Waals surface area (Å²) in [6, 6.07) is 6.65. The first-order valence-corrected chi connectivity index (χ1v) is 7.67. The van der Waals surface area contributed by atoms with E-state index in [1.54, 1.807) is 38.1 Å². The fourth-order valence-corrected chi connectivity index (χ4v) is 2.15. The Balaban J connectivity index is 3.44. The number of rotatable bonds is 7. The molecular formula is C17H21ClN2O3. The second-order valence-corrected chi connectivity index (χ2v) is 5.19. The van der Waals surface area contributed by atoms with E-state index in [0.29, 0.717) is 29.4 Å². The van der Waals surface area contributed by atoms with Gasteiger partial charge in [0, 0.05) is 29.4 Å². The van der Waals surface area contributed by atoms with E-state index in [2.05, 4.69) is 10.3 Å². The molecule has 6 heteroatoms. The number of aliphatic hydroxyl groups is 1. The standard InChI is InChI=1S/C17H21ClN2O3/c1-4-19-11(3)10-14(21)15(17(22)23)16(20-5-2)12-6-8-13(18)9-7-12/h6-10,19,21H,4-5H2,1-3H3,(H,22,23). The van der Waals surface area contributed by atoms with E-state index < -0.39 is 5.97 Å². The van der Waals surface area contributed by atoms with Gasteiger partial charge in [-0.25, -0.2) is 4.79 Å². The first-order valence-electron chi connectivity index (χ1n) is 7.30. The second-order valence-electron chi connectivity index (χ2n) is 4.75. The van der Waals surface area contributed by atoms with Gasteiger partial charge in [0.15, 0.2) is 0 Å². The Morgan fingerprint density at radius 2 is 1.87 bits per heavy atom. The molecular weight excluding hydrogens is 316 g/mol. The van der Waals surface area contributed by atoms with Crippen molar-refractivity contribution in [3.8, 4) is 0 Å². The zero-order valence-corrected chi connectivity index (χ0v) is 14.2. The summed E-state index contributed by atoms with van der Waals surface area (Å²) in [7, 11) is 0. The fourth-order valence-electron chi connectivity index (χ4n) is 2.02. The Hall–Kier alpha value is -2.27. The molecule has 0 unspecified atom stereocenters. The summed E-state index contributed by atoms with van der Waals surface area (Å²) in [6.45, 7) is 6.52. The van der Waals surface area contributed by atoms with Gasteiger partial charge in [0.1, 0.15) is 11.3 Å². The van der Waals surface area contributed by atoms with Gasteiger partial charge in [0.05, 0.1) is 5.71 Å². The fraction of sp³-hybridized carbons (Fsp3) is 0.294. The molecule has 0 aliphatic rings. The molecule has 0 amide bonds. The molecule has 3 N–H and O–H groups in total. The van der Waals surface area contributed by atoms with E-state index in [-0.39, 0.29) is 17.0 Å². The number of nitrogens with one attached hydrogen (secondary N) is 1. The molecule has 5 nitrogen and oxygen atoms in total. The van der Waals surface area contributed by atoms with Crippen molar-refractivity contribution in [2.45, 2.75) is 20.8 Å². The number of carbonyl (C=O) groups is 1. The number of hydrogen-bond acceptors (Lipinski definition) is 4. The van der Waals surface area contributed by atoms with Crippen molar-refractivity contribution < 1.29 is 15.0 Å². The lowest BCUT2D eigenvalue weighted by Gasteiger charge is -2.10. The summed E-state index contributed by atoms with van der Waals surface area (Å²) in [5.74, 6) is -1.59. The Kier molecular flexibility index (Phi) is 7.35. The Morgan fingerprint density at radius 3 is 2.35 bits per heavy atom. The highest BCUT2D eigenvalue weighted by molar-refractivity contribution is 6.31. The molecule has 0 radical (unpaired) electrons. The molecule has 23 heavy (non-hydrogen) atoms. The van der Waals surface area contributed by atoms with Crippen molar-refractivity contribution in [1.82, 2.24) is 5.32 Å². The monoisotopic (exact) mass is 336 g/mol. The van der Waals surface area contributed by atoms with Crippen LogP contribution in [0.4, 0.5) is 0 Å². The summed E-state index contributed by atoms with van der Waals surface area (Å²) in [5.41, 5.74) is 1.21. The molecule has 0 aliphatic carbocycles. The molecule has 0 heterocycles. The SMILES string of the molecule is CCN=C(C(C(=O)O)=C(O)C=C(C)NCC)c1ccc(Cl)cc1. The number of halogens is 1. The van der Waals surface area contributed by atoms with Gasteiger partial charge < -0.3 is 15.5 Å². The van der Waals surface area contributed by atoms with Crippen LogP contribution in [0.25, 0.3) is 0 Å². The van der Waals surface area contributed by atoms with Crippen LogP contribution in [-0.4, -0.2) is 35.0 Å². The van der Waals surface area contributed by atoms with Crippen LogP contribution in [0.5, 0.6) is 0 Å². The minimum Gasteiger partial charge on any atom is -0.507 e. The van der Waals surface area contributed by atoms with E-state index in [1.807, 2.05) is 6.92 Å². The van der Waals surface area contributed by atoms with Gasteiger partial charge in [-0.15, -0.1) is 0 Å². The quantitative estimate of drug-likeness (QED) is 0.308. The zero-order chi connectivity index (χ0) is 17.4. The molecule has 1 rings (SSSR count). The molecule has 0 spiro atoms. The lowest BCUT2D eigenvalue weighted by atomic mass is 10.0. The maximum atomic E-state index is 11.7. The maximum Gasteiger partial charge on any atom is 0.341 e. The largest absolute Gasteiger partial charge is 0.507 e. The maximum absolute atomic E-state index is 11.7. The van der Waals surface area contributed by atoms with Crippen LogP contribution < -0.4 is 5.32 Å². The van der Waals surface area contributed by atoms with Gasteiger partial charge in [0.2, 0.25) is 0 Å². The second kappa shape index (κ2) is 9.00. The van der Waals surface area contributed by atoms with Crippen molar-refractivity contribution in [3.05, 3.63) is 58.0 Å². The Bertz CT molecular complexity index is 646. The summed E-state index contributed by atoms with van der Waals surface area (Å²) < 4.78 is 0. The van der Waals surface area contributed by atoms with E-state index in [4.69, 9.17) is 11.6 Å². The third-order valence-electron chi connectivity index (χ3n) is 2.95. The van der Waals surface area contributed by atoms with E-state index in [1.165, 1.54) is 6.08 Å². The average Bonchev–Trinajstić information content (AvgIpc) is 2.47. The minimum atomic E-state index is -1.25. The number of benzene rings is 1. The number of aliphatic carboxylic acids is 1. The number of carboxylic acids is 1. The number of nitrogens with zero attached hydrogens (tertiary/aromatic N) is 1. The number of aliphatic imine (C=N–C) groups is 1. The van der Waals surface area contributed by atoms with Crippen LogP contribution in [0.15, 0.2) is 52.4 Å². The van der Waals surface area contributed by atoms with Crippen molar-refractivity contribution in [2.24, 2.45) is 4.99 Å². The normalized spacial score (nSPS) is 13.6. The summed E-state index contributed by atoms with van der Waals surface area (Å²) in [6.07, 6.45) is 1.38. The number of hydrogen-bond donors (Lipinski definition) is 3. The molecule has 0 aromatic heterocycles.